The van der Waals surface area contributed by atoms with Crippen LogP contribution in [-0.4, -0.2) is 32.6 Å². The smallest absolute Gasteiger partial charge is 0.259 e. The molecule has 0 aliphatic carbocycles. The van der Waals surface area contributed by atoms with Crippen LogP contribution < -0.4 is 25.8 Å². The summed E-state index contributed by atoms with van der Waals surface area (Å²) in [5.74, 6) is 0.785. The van der Waals surface area contributed by atoms with Gasteiger partial charge in [0.15, 0.2) is 0 Å². The standard InChI is InChI=1S/C18H21N3O4/c1-12-9-14(4-5-16(12)25-8-7-19)21-18(23)15-10-13(20-11-22)3-6-17(15)24-2/h3-6,9-11H,7-8,19H2,1-2H3,(H,20,22)(H,21,23). The quantitative estimate of drug-likeness (QED) is 0.638. The number of nitrogens with two attached hydrogens (primary N) is 1. The minimum atomic E-state index is -0.346. The molecule has 4 N–H and O–H groups in total. The Balaban J connectivity index is 2.20. The van der Waals surface area contributed by atoms with Crippen LogP contribution in [0.1, 0.15) is 15.9 Å². The number of hydrogen-bond acceptors (Lipinski definition) is 5. The van der Waals surface area contributed by atoms with E-state index in [1.54, 1.807) is 30.3 Å². The first-order valence-corrected chi connectivity index (χ1v) is 7.72. The normalized spacial score (nSPS) is 10.0. The first-order valence-electron chi connectivity index (χ1n) is 7.72. The average Bonchev–Trinajstić information content (AvgIpc) is 2.61. The lowest BCUT2D eigenvalue weighted by Crippen LogP contribution is -2.14. The third kappa shape index (κ3) is 4.71. The fourth-order valence-corrected chi connectivity index (χ4v) is 2.30. The Morgan fingerprint density at radius 3 is 2.52 bits per heavy atom. The van der Waals surface area contributed by atoms with Gasteiger partial charge in [-0.2, -0.15) is 0 Å². The molecule has 0 heterocycles. The van der Waals surface area contributed by atoms with Gasteiger partial charge in [0.25, 0.3) is 5.91 Å². The van der Waals surface area contributed by atoms with E-state index in [0.29, 0.717) is 42.2 Å². The summed E-state index contributed by atoms with van der Waals surface area (Å²) in [5.41, 5.74) is 7.75. The Morgan fingerprint density at radius 2 is 1.88 bits per heavy atom. The summed E-state index contributed by atoms with van der Waals surface area (Å²) >= 11 is 0. The molecule has 2 amide bonds. The number of ether oxygens (including phenoxy) is 2. The minimum absolute atomic E-state index is 0.315. The van der Waals surface area contributed by atoms with Gasteiger partial charge in [0.2, 0.25) is 6.41 Å². The summed E-state index contributed by atoms with van der Waals surface area (Å²) in [6.07, 6.45) is 0.549. The van der Waals surface area contributed by atoms with E-state index in [9.17, 15) is 9.59 Å². The number of rotatable bonds is 8. The van der Waals surface area contributed by atoms with Gasteiger partial charge in [0, 0.05) is 17.9 Å². The van der Waals surface area contributed by atoms with Crippen molar-refractivity contribution < 1.29 is 19.1 Å². The molecule has 0 unspecified atom stereocenters. The Kier molecular flexibility index (Phi) is 6.36. The van der Waals surface area contributed by atoms with Gasteiger partial charge >= 0.3 is 0 Å². The molecule has 0 fully saturated rings. The molecule has 0 aliphatic rings. The molecule has 7 heteroatoms. The number of hydrogen-bond donors (Lipinski definition) is 3. The van der Waals surface area contributed by atoms with E-state index in [0.717, 1.165) is 11.3 Å². The van der Waals surface area contributed by atoms with Gasteiger partial charge in [-0.3, -0.25) is 9.59 Å². The molecule has 0 spiro atoms. The molecular formula is C18H21N3O4. The van der Waals surface area contributed by atoms with Crippen molar-refractivity contribution in [1.82, 2.24) is 0 Å². The molecule has 2 aromatic carbocycles. The largest absolute Gasteiger partial charge is 0.496 e. The Bertz CT molecular complexity index is 762. The highest BCUT2D eigenvalue weighted by atomic mass is 16.5. The van der Waals surface area contributed by atoms with Crippen molar-refractivity contribution in [2.75, 3.05) is 30.9 Å². The molecule has 25 heavy (non-hydrogen) atoms. The van der Waals surface area contributed by atoms with E-state index in [1.807, 2.05) is 13.0 Å². The monoisotopic (exact) mass is 343 g/mol. The molecule has 2 aromatic rings. The third-order valence-corrected chi connectivity index (χ3v) is 3.48. The topological polar surface area (TPSA) is 103 Å². The van der Waals surface area contributed by atoms with Crippen LogP contribution in [0.2, 0.25) is 0 Å². The van der Waals surface area contributed by atoms with Crippen molar-refractivity contribution in [3.8, 4) is 11.5 Å². The van der Waals surface area contributed by atoms with E-state index in [1.165, 1.54) is 7.11 Å². The first kappa shape index (κ1) is 18.3. The SMILES string of the molecule is COc1ccc(NC=O)cc1C(=O)Nc1ccc(OCCN)c(C)c1. The molecule has 0 atom stereocenters. The lowest BCUT2D eigenvalue weighted by molar-refractivity contribution is -0.105. The number of carbonyl (C=O) groups is 2. The molecular weight excluding hydrogens is 322 g/mol. The molecule has 0 aromatic heterocycles. The third-order valence-electron chi connectivity index (χ3n) is 3.48. The minimum Gasteiger partial charge on any atom is -0.496 e. The van der Waals surface area contributed by atoms with E-state index >= 15 is 0 Å². The van der Waals surface area contributed by atoms with Crippen LogP contribution in [0.5, 0.6) is 11.5 Å². The zero-order valence-corrected chi connectivity index (χ0v) is 14.2. The van der Waals surface area contributed by atoms with Crippen molar-refractivity contribution in [3.63, 3.8) is 0 Å². The van der Waals surface area contributed by atoms with Crippen LogP contribution in [-0.2, 0) is 4.79 Å². The lowest BCUT2D eigenvalue weighted by atomic mass is 10.1. The van der Waals surface area contributed by atoms with Crippen LogP contribution in [0.4, 0.5) is 11.4 Å². The van der Waals surface area contributed by atoms with Crippen LogP contribution in [0.25, 0.3) is 0 Å². The van der Waals surface area contributed by atoms with Crippen LogP contribution in [0, 0.1) is 6.92 Å². The number of nitrogens with one attached hydrogen (secondary N) is 2. The maximum atomic E-state index is 12.6. The Labute approximate surface area is 146 Å². The predicted molar refractivity (Wildman–Crippen MR) is 96.4 cm³/mol. The fourth-order valence-electron chi connectivity index (χ4n) is 2.30. The Morgan fingerprint density at radius 1 is 1.16 bits per heavy atom. The van der Waals surface area contributed by atoms with Gasteiger partial charge in [-0.1, -0.05) is 0 Å². The second-order valence-electron chi connectivity index (χ2n) is 5.25. The number of anilines is 2. The second-order valence-corrected chi connectivity index (χ2v) is 5.25. The summed E-state index contributed by atoms with van der Waals surface area (Å²) in [5, 5.41) is 5.32. The van der Waals surface area contributed by atoms with Crippen LogP contribution in [0.3, 0.4) is 0 Å². The lowest BCUT2D eigenvalue weighted by Gasteiger charge is -2.13. The van der Waals surface area contributed by atoms with Crippen molar-refractivity contribution in [2.24, 2.45) is 5.73 Å². The van der Waals surface area contributed by atoms with E-state index in [-0.39, 0.29) is 5.91 Å². The van der Waals surface area contributed by atoms with E-state index in [4.69, 9.17) is 15.2 Å². The molecule has 0 saturated carbocycles. The van der Waals surface area contributed by atoms with Crippen molar-refractivity contribution in [1.29, 1.82) is 0 Å². The van der Waals surface area contributed by atoms with Gasteiger partial charge < -0.3 is 25.8 Å². The average molecular weight is 343 g/mol. The van der Waals surface area contributed by atoms with Crippen molar-refractivity contribution in [3.05, 3.63) is 47.5 Å². The van der Waals surface area contributed by atoms with Crippen LogP contribution in [0.15, 0.2) is 36.4 Å². The maximum absolute atomic E-state index is 12.6. The zero-order valence-electron chi connectivity index (χ0n) is 14.2. The summed E-state index contributed by atoms with van der Waals surface area (Å²) in [4.78, 5) is 23.1. The highest BCUT2D eigenvalue weighted by molar-refractivity contribution is 6.07. The van der Waals surface area contributed by atoms with Gasteiger partial charge in [-0.05, 0) is 48.9 Å². The number of aryl methyl sites for hydroxylation is 1. The van der Waals surface area contributed by atoms with Gasteiger partial charge in [-0.15, -0.1) is 0 Å². The molecule has 2 rings (SSSR count). The number of benzene rings is 2. The Hall–Kier alpha value is -3.06. The maximum Gasteiger partial charge on any atom is 0.259 e. The number of carbonyl (C=O) groups excluding carboxylic acids is 2. The summed E-state index contributed by atoms with van der Waals surface area (Å²) < 4.78 is 10.7. The van der Waals surface area contributed by atoms with Crippen molar-refractivity contribution in [2.45, 2.75) is 6.92 Å². The van der Waals surface area contributed by atoms with Crippen LogP contribution >= 0.6 is 0 Å². The highest BCUT2D eigenvalue weighted by Gasteiger charge is 2.14. The van der Waals surface area contributed by atoms with Gasteiger partial charge in [-0.25, -0.2) is 0 Å². The highest BCUT2D eigenvalue weighted by Crippen LogP contribution is 2.25. The summed E-state index contributed by atoms with van der Waals surface area (Å²) in [6, 6.07) is 10.2. The fraction of sp³-hybridized carbons (Fsp3) is 0.222. The first-order chi connectivity index (χ1) is 12.1. The van der Waals surface area contributed by atoms with Gasteiger partial charge in [0.1, 0.15) is 18.1 Å². The summed E-state index contributed by atoms with van der Waals surface area (Å²) in [7, 11) is 1.48. The molecule has 0 radical (unpaired) electrons. The molecule has 0 saturated heterocycles. The second kappa shape index (κ2) is 8.70. The molecule has 0 aliphatic heterocycles. The molecule has 0 bridgehead atoms. The summed E-state index contributed by atoms with van der Waals surface area (Å²) in [6.45, 7) is 2.75. The van der Waals surface area contributed by atoms with Crippen molar-refractivity contribution >= 4 is 23.7 Å². The number of methoxy groups -OCH3 is 1. The molecule has 7 nitrogen and oxygen atoms in total. The van der Waals surface area contributed by atoms with E-state index < -0.39 is 0 Å². The number of amides is 2. The van der Waals surface area contributed by atoms with Gasteiger partial charge in [0.05, 0.1) is 12.7 Å². The molecule has 132 valence electrons. The van der Waals surface area contributed by atoms with E-state index in [2.05, 4.69) is 10.6 Å². The zero-order chi connectivity index (χ0) is 18.2. The predicted octanol–water partition coefficient (Wildman–Crippen LogP) is 2.16.